The Kier molecular flexibility index (Phi) is 3.97. The van der Waals surface area contributed by atoms with E-state index in [4.69, 9.17) is 0 Å². The second-order valence-corrected chi connectivity index (χ2v) is 5.08. The van der Waals surface area contributed by atoms with E-state index in [1.165, 1.54) is 0 Å². The Labute approximate surface area is 109 Å². The summed E-state index contributed by atoms with van der Waals surface area (Å²) in [5.74, 6) is 0.278. The number of para-hydroxylation sites is 1. The van der Waals surface area contributed by atoms with E-state index < -0.39 is 6.10 Å². The molecule has 2 rings (SSSR count). The van der Waals surface area contributed by atoms with Crippen molar-refractivity contribution in [3.05, 3.63) is 41.6 Å². The third kappa shape index (κ3) is 2.54. The van der Waals surface area contributed by atoms with Gasteiger partial charge in [-0.1, -0.05) is 38.5 Å². The normalized spacial score (nSPS) is 14.7. The van der Waals surface area contributed by atoms with Crippen LogP contribution in [0.2, 0.25) is 0 Å². The summed E-state index contributed by atoms with van der Waals surface area (Å²) in [4.78, 5) is 4.51. The molecule has 0 spiro atoms. The lowest BCUT2D eigenvalue weighted by atomic mass is 9.91. The zero-order chi connectivity index (χ0) is 13.1. The van der Waals surface area contributed by atoms with Gasteiger partial charge in [-0.3, -0.25) is 4.98 Å². The van der Waals surface area contributed by atoms with Crippen LogP contribution in [-0.4, -0.2) is 10.1 Å². The van der Waals surface area contributed by atoms with Gasteiger partial charge in [-0.2, -0.15) is 0 Å². The first-order valence-electron chi connectivity index (χ1n) is 6.67. The van der Waals surface area contributed by atoms with Gasteiger partial charge in [-0.25, -0.2) is 0 Å². The molecule has 0 bridgehead atoms. The van der Waals surface area contributed by atoms with Gasteiger partial charge >= 0.3 is 0 Å². The lowest BCUT2D eigenvalue weighted by molar-refractivity contribution is 0.113. The topological polar surface area (TPSA) is 33.1 Å². The molecule has 2 nitrogen and oxygen atoms in total. The van der Waals surface area contributed by atoms with Crippen LogP contribution in [0.4, 0.5) is 0 Å². The van der Waals surface area contributed by atoms with Crippen LogP contribution in [0.5, 0.6) is 0 Å². The van der Waals surface area contributed by atoms with Crippen molar-refractivity contribution in [1.82, 2.24) is 4.98 Å². The molecule has 0 saturated carbocycles. The number of benzene rings is 1. The van der Waals surface area contributed by atoms with Crippen molar-refractivity contribution in [3.8, 4) is 0 Å². The molecule has 0 radical (unpaired) electrons. The zero-order valence-electron chi connectivity index (χ0n) is 11.4. The largest absolute Gasteiger partial charge is 0.388 e. The molecular formula is C16H21NO. The molecule has 2 heteroatoms. The number of pyridine rings is 1. The Balaban J connectivity index is 2.49. The van der Waals surface area contributed by atoms with E-state index in [9.17, 15) is 5.11 Å². The minimum absolute atomic E-state index is 0.278. The lowest BCUT2D eigenvalue weighted by Crippen LogP contribution is -2.10. The zero-order valence-corrected chi connectivity index (χ0v) is 11.4. The second kappa shape index (κ2) is 5.49. The van der Waals surface area contributed by atoms with Gasteiger partial charge in [0.05, 0.1) is 11.6 Å². The Morgan fingerprint density at radius 1 is 1.28 bits per heavy atom. The van der Waals surface area contributed by atoms with Gasteiger partial charge in [-0.05, 0) is 37.0 Å². The highest BCUT2D eigenvalue weighted by Gasteiger charge is 2.18. The lowest BCUT2D eigenvalue weighted by Gasteiger charge is -2.20. The van der Waals surface area contributed by atoms with E-state index >= 15 is 0 Å². The highest BCUT2D eigenvalue weighted by atomic mass is 16.3. The minimum atomic E-state index is -0.406. The molecule has 0 aliphatic carbocycles. The standard InChI is InChI=1S/C16H21NO/c1-4-7-11(2)16(18)14-10-12(3)17-15-9-6-5-8-13(14)15/h5-6,8-11,16,18H,4,7H2,1-3H3. The first-order valence-corrected chi connectivity index (χ1v) is 6.67. The Bertz CT molecular complexity index is 536. The van der Waals surface area contributed by atoms with Crippen molar-refractivity contribution in [3.63, 3.8) is 0 Å². The van der Waals surface area contributed by atoms with Crippen LogP contribution in [0.25, 0.3) is 10.9 Å². The number of fused-ring (bicyclic) bond motifs is 1. The number of hydrogen-bond acceptors (Lipinski definition) is 2. The summed E-state index contributed by atoms with van der Waals surface area (Å²) >= 11 is 0. The highest BCUT2D eigenvalue weighted by molar-refractivity contribution is 5.82. The Morgan fingerprint density at radius 2 is 2.00 bits per heavy atom. The van der Waals surface area contributed by atoms with Crippen molar-refractivity contribution in [2.45, 2.75) is 39.7 Å². The summed E-state index contributed by atoms with van der Waals surface area (Å²) in [7, 11) is 0. The number of rotatable bonds is 4. The van der Waals surface area contributed by atoms with Crippen molar-refractivity contribution in [2.75, 3.05) is 0 Å². The van der Waals surface area contributed by atoms with Crippen molar-refractivity contribution >= 4 is 10.9 Å². The number of aryl methyl sites for hydroxylation is 1. The number of nitrogens with zero attached hydrogens (tertiary/aromatic N) is 1. The molecule has 18 heavy (non-hydrogen) atoms. The molecule has 1 heterocycles. The molecule has 1 N–H and O–H groups in total. The van der Waals surface area contributed by atoms with Gasteiger partial charge in [0.15, 0.2) is 0 Å². The van der Waals surface area contributed by atoms with Gasteiger partial charge in [0.25, 0.3) is 0 Å². The molecule has 0 amide bonds. The van der Waals surface area contributed by atoms with Crippen LogP contribution in [0.15, 0.2) is 30.3 Å². The smallest absolute Gasteiger partial charge is 0.0822 e. The summed E-state index contributed by atoms with van der Waals surface area (Å²) in [6, 6.07) is 10.0. The fourth-order valence-corrected chi connectivity index (χ4v) is 2.50. The third-order valence-corrected chi connectivity index (χ3v) is 3.48. The van der Waals surface area contributed by atoms with Crippen molar-refractivity contribution in [2.24, 2.45) is 5.92 Å². The maximum atomic E-state index is 10.5. The third-order valence-electron chi connectivity index (χ3n) is 3.48. The highest BCUT2D eigenvalue weighted by Crippen LogP contribution is 2.30. The van der Waals surface area contributed by atoms with Gasteiger partial charge < -0.3 is 5.11 Å². The molecule has 96 valence electrons. The predicted octanol–water partition coefficient (Wildman–Crippen LogP) is 4.01. The maximum Gasteiger partial charge on any atom is 0.0822 e. The molecule has 0 fully saturated rings. The van der Waals surface area contributed by atoms with Crippen molar-refractivity contribution in [1.29, 1.82) is 0 Å². The van der Waals surface area contributed by atoms with Gasteiger partial charge in [-0.15, -0.1) is 0 Å². The Hall–Kier alpha value is -1.41. The molecule has 2 atom stereocenters. The van der Waals surface area contributed by atoms with E-state index in [1.54, 1.807) is 0 Å². The van der Waals surface area contributed by atoms with E-state index in [0.29, 0.717) is 0 Å². The molecular weight excluding hydrogens is 222 g/mol. The van der Waals surface area contributed by atoms with E-state index in [0.717, 1.165) is 35.0 Å². The average molecular weight is 243 g/mol. The molecule has 2 unspecified atom stereocenters. The van der Waals surface area contributed by atoms with E-state index in [1.807, 2.05) is 37.3 Å². The molecule has 1 aromatic carbocycles. The minimum Gasteiger partial charge on any atom is -0.388 e. The fourth-order valence-electron chi connectivity index (χ4n) is 2.50. The maximum absolute atomic E-state index is 10.5. The molecule has 1 aromatic heterocycles. The summed E-state index contributed by atoms with van der Waals surface area (Å²) in [5.41, 5.74) is 2.95. The number of aromatic nitrogens is 1. The number of hydrogen-bond donors (Lipinski definition) is 1. The summed E-state index contributed by atoms with van der Waals surface area (Å²) in [6.07, 6.45) is 1.73. The summed E-state index contributed by atoms with van der Waals surface area (Å²) in [6.45, 7) is 6.24. The van der Waals surface area contributed by atoms with Crippen LogP contribution in [0.1, 0.15) is 44.1 Å². The first-order chi connectivity index (χ1) is 8.63. The van der Waals surface area contributed by atoms with Crippen LogP contribution < -0.4 is 0 Å². The fraction of sp³-hybridized carbons (Fsp3) is 0.438. The van der Waals surface area contributed by atoms with Gasteiger partial charge in [0, 0.05) is 11.1 Å². The van der Waals surface area contributed by atoms with Crippen LogP contribution in [-0.2, 0) is 0 Å². The SMILES string of the molecule is CCCC(C)C(O)c1cc(C)nc2ccccc12. The average Bonchev–Trinajstić information content (AvgIpc) is 2.37. The quantitative estimate of drug-likeness (QED) is 0.880. The monoisotopic (exact) mass is 243 g/mol. The van der Waals surface area contributed by atoms with Gasteiger partial charge in [0.1, 0.15) is 0 Å². The van der Waals surface area contributed by atoms with Crippen molar-refractivity contribution < 1.29 is 5.11 Å². The molecule has 0 aliphatic heterocycles. The first kappa shape index (κ1) is 13.0. The summed E-state index contributed by atoms with van der Waals surface area (Å²) in [5, 5.41) is 11.6. The Morgan fingerprint density at radius 3 is 2.72 bits per heavy atom. The van der Waals surface area contributed by atoms with Crippen LogP contribution >= 0.6 is 0 Å². The predicted molar refractivity (Wildman–Crippen MR) is 75.5 cm³/mol. The molecule has 0 saturated heterocycles. The van der Waals surface area contributed by atoms with Crippen LogP contribution in [0.3, 0.4) is 0 Å². The molecule has 2 aromatic rings. The molecule has 0 aliphatic rings. The van der Waals surface area contributed by atoms with Gasteiger partial charge in [0.2, 0.25) is 0 Å². The number of aliphatic hydroxyl groups is 1. The number of aliphatic hydroxyl groups excluding tert-OH is 1. The van der Waals surface area contributed by atoms with E-state index in [2.05, 4.69) is 18.8 Å². The summed E-state index contributed by atoms with van der Waals surface area (Å²) < 4.78 is 0. The van der Waals surface area contributed by atoms with E-state index in [-0.39, 0.29) is 5.92 Å². The van der Waals surface area contributed by atoms with Crippen LogP contribution in [0, 0.1) is 12.8 Å². The second-order valence-electron chi connectivity index (χ2n) is 5.08.